The molecule has 0 aromatic carbocycles. The number of urea groups is 1. The molecule has 16 heavy (non-hydrogen) atoms. The maximum absolute atomic E-state index is 11.3. The molecule has 0 saturated carbocycles. The average Bonchev–Trinajstić information content (AvgIpc) is 2.63. The summed E-state index contributed by atoms with van der Waals surface area (Å²) in [6.45, 7) is 0.994. The number of nitrogens with two attached hydrogens (primary N) is 2. The van der Waals surface area contributed by atoms with Crippen molar-refractivity contribution in [2.45, 2.75) is 0 Å². The number of anilines is 2. The summed E-state index contributed by atoms with van der Waals surface area (Å²) in [6.07, 6.45) is 1.21. The van der Waals surface area contributed by atoms with E-state index in [1.54, 1.807) is 0 Å². The van der Waals surface area contributed by atoms with E-state index in [0.717, 1.165) is 0 Å². The molecule has 3 amide bonds. The molecule has 2 heterocycles. The van der Waals surface area contributed by atoms with Gasteiger partial charge in [-0.3, -0.25) is 9.69 Å². The Kier molecular flexibility index (Phi) is 2.31. The minimum absolute atomic E-state index is 0.0304. The molecule has 1 aromatic rings. The molecule has 0 bridgehead atoms. The standard InChI is InChI=1S/C8H10N6O2/c9-5-4(6(10)15)3-12-7(13-5)14-2-1-11-8(14)16/h3H,1-2H2,(H2,10,15)(H,11,16)(H2,9,12,13). The van der Waals surface area contributed by atoms with Crippen molar-refractivity contribution >= 4 is 23.7 Å². The lowest BCUT2D eigenvalue weighted by molar-refractivity contribution is 0.100. The van der Waals surface area contributed by atoms with E-state index >= 15 is 0 Å². The predicted octanol–water partition coefficient (Wildman–Crippen LogP) is -1.31. The second-order valence-corrected chi connectivity index (χ2v) is 3.22. The van der Waals surface area contributed by atoms with Crippen LogP contribution in [0, 0.1) is 0 Å². The van der Waals surface area contributed by atoms with Crippen molar-refractivity contribution in [3.05, 3.63) is 11.8 Å². The van der Waals surface area contributed by atoms with Gasteiger partial charge in [-0.2, -0.15) is 4.98 Å². The monoisotopic (exact) mass is 222 g/mol. The van der Waals surface area contributed by atoms with Gasteiger partial charge in [0.1, 0.15) is 5.82 Å². The van der Waals surface area contributed by atoms with Crippen LogP contribution in [-0.4, -0.2) is 35.0 Å². The Balaban J connectivity index is 2.34. The Hall–Kier alpha value is -2.38. The van der Waals surface area contributed by atoms with Crippen molar-refractivity contribution in [3.63, 3.8) is 0 Å². The van der Waals surface area contributed by atoms with E-state index < -0.39 is 5.91 Å². The average molecular weight is 222 g/mol. The smallest absolute Gasteiger partial charge is 0.324 e. The summed E-state index contributed by atoms with van der Waals surface area (Å²) in [4.78, 5) is 31.3. The summed E-state index contributed by atoms with van der Waals surface area (Å²) in [5.74, 6) is -0.565. The summed E-state index contributed by atoms with van der Waals surface area (Å²) >= 11 is 0. The van der Waals surface area contributed by atoms with Crippen LogP contribution in [0.1, 0.15) is 10.4 Å². The quantitative estimate of drug-likeness (QED) is 0.572. The van der Waals surface area contributed by atoms with Gasteiger partial charge in [0, 0.05) is 19.3 Å². The molecular formula is C8H10N6O2. The van der Waals surface area contributed by atoms with Gasteiger partial charge < -0.3 is 16.8 Å². The number of nitrogens with zero attached hydrogens (tertiary/aromatic N) is 3. The summed E-state index contributed by atoms with van der Waals surface area (Å²) in [6, 6.07) is -0.286. The van der Waals surface area contributed by atoms with Crippen molar-refractivity contribution in [1.29, 1.82) is 0 Å². The van der Waals surface area contributed by atoms with Crippen LogP contribution in [0.15, 0.2) is 6.20 Å². The highest BCUT2D eigenvalue weighted by Crippen LogP contribution is 2.14. The number of aromatic nitrogens is 2. The second kappa shape index (κ2) is 3.65. The fourth-order valence-corrected chi connectivity index (χ4v) is 1.37. The topological polar surface area (TPSA) is 127 Å². The molecule has 8 nitrogen and oxygen atoms in total. The van der Waals surface area contributed by atoms with Crippen LogP contribution in [0.25, 0.3) is 0 Å². The number of primary amides is 1. The third kappa shape index (κ3) is 1.60. The maximum Gasteiger partial charge on any atom is 0.324 e. The number of nitrogens with one attached hydrogen (secondary N) is 1. The van der Waals surface area contributed by atoms with Crippen LogP contribution >= 0.6 is 0 Å². The molecule has 0 radical (unpaired) electrons. The molecular weight excluding hydrogens is 212 g/mol. The largest absolute Gasteiger partial charge is 0.383 e. The first-order valence-electron chi connectivity index (χ1n) is 4.57. The zero-order valence-corrected chi connectivity index (χ0v) is 8.30. The zero-order chi connectivity index (χ0) is 11.7. The van der Waals surface area contributed by atoms with Crippen molar-refractivity contribution < 1.29 is 9.59 Å². The van der Waals surface area contributed by atoms with Gasteiger partial charge in [-0.05, 0) is 0 Å². The molecule has 1 aliphatic heterocycles. The normalized spacial score (nSPS) is 15.0. The van der Waals surface area contributed by atoms with Crippen LogP contribution in [0.4, 0.5) is 16.6 Å². The Labute approximate surface area is 90.6 Å². The van der Waals surface area contributed by atoms with Crippen molar-refractivity contribution in [2.75, 3.05) is 23.7 Å². The van der Waals surface area contributed by atoms with E-state index in [1.165, 1.54) is 11.1 Å². The van der Waals surface area contributed by atoms with Crippen molar-refractivity contribution in [2.24, 2.45) is 5.73 Å². The number of amides is 3. The second-order valence-electron chi connectivity index (χ2n) is 3.22. The van der Waals surface area contributed by atoms with Crippen molar-refractivity contribution in [3.8, 4) is 0 Å². The first-order chi connectivity index (χ1) is 7.59. The lowest BCUT2D eigenvalue weighted by Gasteiger charge is -2.12. The summed E-state index contributed by atoms with van der Waals surface area (Å²) in [5.41, 5.74) is 10.6. The Bertz CT molecular complexity index is 460. The molecule has 0 aliphatic carbocycles. The van der Waals surface area contributed by atoms with Crippen LogP contribution < -0.4 is 21.7 Å². The number of carbonyl (C=O) groups excluding carboxylic acids is 2. The van der Waals surface area contributed by atoms with E-state index in [0.29, 0.717) is 13.1 Å². The predicted molar refractivity (Wildman–Crippen MR) is 55.7 cm³/mol. The molecule has 5 N–H and O–H groups in total. The van der Waals surface area contributed by atoms with Crippen LogP contribution in [0.5, 0.6) is 0 Å². The number of hydrogen-bond donors (Lipinski definition) is 3. The van der Waals surface area contributed by atoms with Gasteiger partial charge in [0.15, 0.2) is 0 Å². The summed E-state index contributed by atoms with van der Waals surface area (Å²) in [5, 5.41) is 2.60. The molecule has 1 aromatic heterocycles. The number of hydrogen-bond acceptors (Lipinski definition) is 5. The number of carbonyl (C=O) groups is 2. The lowest BCUT2D eigenvalue weighted by atomic mass is 10.3. The van der Waals surface area contributed by atoms with Crippen LogP contribution in [-0.2, 0) is 0 Å². The van der Waals surface area contributed by atoms with E-state index in [4.69, 9.17) is 11.5 Å². The SMILES string of the molecule is NC(=O)c1cnc(N2CCNC2=O)nc1N. The highest BCUT2D eigenvalue weighted by atomic mass is 16.2. The Morgan fingerprint density at radius 1 is 1.56 bits per heavy atom. The molecule has 0 atom stereocenters. The minimum Gasteiger partial charge on any atom is -0.383 e. The molecule has 0 unspecified atom stereocenters. The minimum atomic E-state index is -0.699. The van der Waals surface area contributed by atoms with E-state index in [-0.39, 0.29) is 23.4 Å². The fourth-order valence-electron chi connectivity index (χ4n) is 1.37. The van der Waals surface area contributed by atoms with Gasteiger partial charge in [-0.1, -0.05) is 0 Å². The lowest BCUT2D eigenvalue weighted by Crippen LogP contribution is -2.30. The molecule has 1 aliphatic rings. The third-order valence-corrected chi connectivity index (χ3v) is 2.17. The van der Waals surface area contributed by atoms with Gasteiger partial charge in [0.2, 0.25) is 5.95 Å². The number of nitrogen functional groups attached to an aromatic ring is 1. The maximum atomic E-state index is 11.3. The Morgan fingerprint density at radius 2 is 2.31 bits per heavy atom. The van der Waals surface area contributed by atoms with E-state index in [9.17, 15) is 9.59 Å². The fraction of sp³-hybridized carbons (Fsp3) is 0.250. The number of rotatable bonds is 2. The van der Waals surface area contributed by atoms with Crippen LogP contribution in [0.3, 0.4) is 0 Å². The Morgan fingerprint density at radius 3 is 2.81 bits per heavy atom. The van der Waals surface area contributed by atoms with Crippen LogP contribution in [0.2, 0.25) is 0 Å². The van der Waals surface area contributed by atoms with Gasteiger partial charge in [-0.25, -0.2) is 9.78 Å². The first kappa shape index (κ1) is 10.1. The molecule has 84 valence electrons. The third-order valence-electron chi connectivity index (χ3n) is 2.17. The van der Waals surface area contributed by atoms with E-state index in [1.807, 2.05) is 0 Å². The van der Waals surface area contributed by atoms with Gasteiger partial charge >= 0.3 is 6.03 Å². The summed E-state index contributed by atoms with van der Waals surface area (Å²) < 4.78 is 0. The molecule has 1 saturated heterocycles. The first-order valence-corrected chi connectivity index (χ1v) is 4.57. The van der Waals surface area contributed by atoms with Gasteiger partial charge in [0.25, 0.3) is 5.91 Å². The van der Waals surface area contributed by atoms with Crippen molar-refractivity contribution in [1.82, 2.24) is 15.3 Å². The van der Waals surface area contributed by atoms with Gasteiger partial charge in [0.05, 0.1) is 5.56 Å². The molecule has 2 rings (SSSR count). The highest BCUT2D eigenvalue weighted by Gasteiger charge is 2.24. The summed E-state index contributed by atoms with van der Waals surface area (Å²) in [7, 11) is 0. The molecule has 1 fully saturated rings. The highest BCUT2D eigenvalue weighted by molar-refractivity contribution is 5.97. The van der Waals surface area contributed by atoms with Gasteiger partial charge in [-0.15, -0.1) is 0 Å². The zero-order valence-electron chi connectivity index (χ0n) is 8.30. The van der Waals surface area contributed by atoms with E-state index in [2.05, 4.69) is 15.3 Å². The molecule has 8 heteroatoms. The molecule has 0 spiro atoms.